The molecule has 18 heavy (non-hydrogen) atoms. The van der Waals surface area contributed by atoms with Crippen molar-refractivity contribution in [1.29, 1.82) is 0 Å². The molecule has 2 unspecified atom stereocenters. The summed E-state index contributed by atoms with van der Waals surface area (Å²) in [6, 6.07) is 10.5. The molecule has 1 saturated carbocycles. The molecular weight excluding hydrogens is 220 g/mol. The van der Waals surface area contributed by atoms with Crippen LogP contribution in [0.1, 0.15) is 50.0 Å². The first kappa shape index (κ1) is 11.7. The Kier molecular flexibility index (Phi) is 3.31. The minimum absolute atomic E-state index is 0.275. The van der Waals surface area contributed by atoms with Gasteiger partial charge in [0.05, 0.1) is 0 Å². The summed E-state index contributed by atoms with van der Waals surface area (Å²) in [5, 5.41) is 0. The van der Waals surface area contributed by atoms with E-state index in [0.717, 1.165) is 24.8 Å². The van der Waals surface area contributed by atoms with Crippen LogP contribution in [0.15, 0.2) is 42.0 Å². The summed E-state index contributed by atoms with van der Waals surface area (Å²) in [5.74, 6) is 1.20. The van der Waals surface area contributed by atoms with E-state index in [2.05, 4.69) is 30.3 Å². The Morgan fingerprint density at radius 3 is 2.72 bits per heavy atom. The zero-order chi connectivity index (χ0) is 12.4. The van der Waals surface area contributed by atoms with E-state index in [0.29, 0.717) is 11.7 Å². The molecule has 94 valence electrons. The lowest BCUT2D eigenvalue weighted by Gasteiger charge is -2.04. The lowest BCUT2D eigenvalue weighted by atomic mass is 9.99. The Morgan fingerprint density at radius 2 is 1.89 bits per heavy atom. The predicted octanol–water partition coefficient (Wildman–Crippen LogP) is 4.25. The molecule has 1 nitrogen and oxygen atoms in total. The number of carbonyl (C=O) groups excluding carboxylic acids is 1. The van der Waals surface area contributed by atoms with E-state index < -0.39 is 0 Å². The van der Waals surface area contributed by atoms with Gasteiger partial charge in [0.25, 0.3) is 0 Å². The number of carbonyl (C=O) groups is 1. The van der Waals surface area contributed by atoms with Crippen LogP contribution in [0.5, 0.6) is 0 Å². The number of Topliss-reactive ketones (excluding diaryl/α,β-unsaturated/α-hetero) is 1. The first-order chi connectivity index (χ1) is 8.86. The second-order valence-corrected chi connectivity index (χ2v) is 5.55. The van der Waals surface area contributed by atoms with E-state index in [1.165, 1.54) is 24.8 Å². The van der Waals surface area contributed by atoms with Crippen LogP contribution < -0.4 is 0 Å². The van der Waals surface area contributed by atoms with Crippen LogP contribution in [-0.2, 0) is 4.79 Å². The highest BCUT2D eigenvalue weighted by Crippen LogP contribution is 2.49. The fraction of sp³-hybridized carbons (Fsp3) is 0.471. The Balaban J connectivity index is 1.67. The van der Waals surface area contributed by atoms with Gasteiger partial charge in [-0.05, 0) is 49.2 Å². The minimum atomic E-state index is 0.275. The molecule has 0 N–H and O–H groups in total. The molecule has 2 aliphatic carbocycles. The fourth-order valence-electron chi connectivity index (χ4n) is 3.03. The molecule has 0 spiro atoms. The Labute approximate surface area is 109 Å². The van der Waals surface area contributed by atoms with Crippen LogP contribution in [0.3, 0.4) is 0 Å². The molecule has 1 fully saturated rings. The predicted molar refractivity (Wildman–Crippen MR) is 73.5 cm³/mol. The molecule has 1 aromatic rings. The molecule has 0 amide bonds. The SMILES string of the molecule is O=C(C1=CCCCCC1)C1CC1c1ccccc1. The number of hydrogen-bond donors (Lipinski definition) is 0. The molecule has 1 aromatic carbocycles. The molecule has 0 aliphatic heterocycles. The van der Waals surface area contributed by atoms with Crippen LogP contribution >= 0.6 is 0 Å². The summed E-state index contributed by atoms with van der Waals surface area (Å²) in [6.07, 6.45) is 9.10. The van der Waals surface area contributed by atoms with Crippen LogP contribution in [0, 0.1) is 5.92 Å². The molecule has 2 atom stereocenters. The van der Waals surface area contributed by atoms with Gasteiger partial charge in [-0.3, -0.25) is 4.79 Å². The topological polar surface area (TPSA) is 17.1 Å². The quantitative estimate of drug-likeness (QED) is 0.772. The summed E-state index contributed by atoms with van der Waals surface area (Å²) in [5.41, 5.74) is 2.46. The fourth-order valence-corrected chi connectivity index (χ4v) is 3.03. The van der Waals surface area contributed by atoms with Crippen LogP contribution in [0.2, 0.25) is 0 Å². The lowest BCUT2D eigenvalue weighted by molar-refractivity contribution is -0.116. The summed E-state index contributed by atoms with van der Waals surface area (Å²) in [4.78, 5) is 12.4. The second-order valence-electron chi connectivity index (χ2n) is 5.55. The van der Waals surface area contributed by atoms with Crippen LogP contribution in [0.25, 0.3) is 0 Å². The molecule has 3 rings (SSSR count). The van der Waals surface area contributed by atoms with Crippen molar-refractivity contribution in [1.82, 2.24) is 0 Å². The van der Waals surface area contributed by atoms with Crippen LogP contribution in [0.4, 0.5) is 0 Å². The third kappa shape index (κ3) is 2.40. The maximum Gasteiger partial charge on any atom is 0.162 e. The maximum atomic E-state index is 12.4. The summed E-state index contributed by atoms with van der Waals surface area (Å²) in [7, 11) is 0. The molecule has 0 heterocycles. The summed E-state index contributed by atoms with van der Waals surface area (Å²) >= 11 is 0. The highest BCUT2D eigenvalue weighted by atomic mass is 16.1. The molecule has 0 saturated heterocycles. The maximum absolute atomic E-state index is 12.4. The zero-order valence-corrected chi connectivity index (χ0v) is 10.8. The molecular formula is C17H20O. The molecule has 1 heteroatoms. The smallest absolute Gasteiger partial charge is 0.162 e. The largest absolute Gasteiger partial charge is 0.294 e. The third-order valence-electron chi connectivity index (χ3n) is 4.21. The Morgan fingerprint density at radius 1 is 1.06 bits per heavy atom. The number of allylic oxidation sites excluding steroid dienone is 2. The Hall–Kier alpha value is -1.37. The minimum Gasteiger partial charge on any atom is -0.294 e. The van der Waals surface area contributed by atoms with Crippen molar-refractivity contribution in [3.05, 3.63) is 47.5 Å². The normalized spacial score (nSPS) is 27.2. The Bertz CT molecular complexity index is 458. The van der Waals surface area contributed by atoms with Gasteiger partial charge in [0.15, 0.2) is 5.78 Å². The van der Waals surface area contributed by atoms with Crippen LogP contribution in [-0.4, -0.2) is 5.78 Å². The van der Waals surface area contributed by atoms with Gasteiger partial charge < -0.3 is 0 Å². The van der Waals surface area contributed by atoms with Gasteiger partial charge in [0.1, 0.15) is 0 Å². The van der Waals surface area contributed by atoms with Crippen molar-refractivity contribution < 1.29 is 4.79 Å². The van der Waals surface area contributed by atoms with Gasteiger partial charge in [-0.25, -0.2) is 0 Å². The van der Waals surface area contributed by atoms with Gasteiger partial charge in [0.2, 0.25) is 0 Å². The van der Waals surface area contributed by atoms with Crippen molar-refractivity contribution in [3.8, 4) is 0 Å². The van der Waals surface area contributed by atoms with E-state index >= 15 is 0 Å². The van der Waals surface area contributed by atoms with Gasteiger partial charge in [-0.2, -0.15) is 0 Å². The van der Waals surface area contributed by atoms with Crippen molar-refractivity contribution in [2.45, 2.75) is 44.4 Å². The van der Waals surface area contributed by atoms with Gasteiger partial charge in [0, 0.05) is 5.92 Å². The average molecular weight is 240 g/mol. The highest BCUT2D eigenvalue weighted by Gasteiger charge is 2.44. The molecule has 0 aromatic heterocycles. The van der Waals surface area contributed by atoms with E-state index in [1.54, 1.807) is 0 Å². The van der Waals surface area contributed by atoms with Crippen molar-refractivity contribution in [2.75, 3.05) is 0 Å². The number of hydrogen-bond acceptors (Lipinski definition) is 1. The zero-order valence-electron chi connectivity index (χ0n) is 10.8. The van der Waals surface area contributed by atoms with E-state index in [-0.39, 0.29) is 5.92 Å². The average Bonchev–Trinajstić information content (AvgIpc) is 3.23. The molecule has 0 radical (unpaired) electrons. The third-order valence-corrected chi connectivity index (χ3v) is 4.21. The van der Waals surface area contributed by atoms with Crippen molar-refractivity contribution in [3.63, 3.8) is 0 Å². The monoisotopic (exact) mass is 240 g/mol. The van der Waals surface area contributed by atoms with Crippen molar-refractivity contribution in [2.24, 2.45) is 5.92 Å². The van der Waals surface area contributed by atoms with Gasteiger partial charge in [-0.1, -0.05) is 42.8 Å². The van der Waals surface area contributed by atoms with Crippen molar-refractivity contribution >= 4 is 5.78 Å². The van der Waals surface area contributed by atoms with E-state index in [4.69, 9.17) is 0 Å². The highest BCUT2D eigenvalue weighted by molar-refractivity contribution is 5.99. The molecule has 2 aliphatic rings. The van der Waals surface area contributed by atoms with Gasteiger partial charge in [-0.15, -0.1) is 0 Å². The second kappa shape index (κ2) is 5.09. The van der Waals surface area contributed by atoms with E-state index in [1.807, 2.05) is 6.07 Å². The standard InChI is InChI=1S/C17H20O/c18-17(14-10-4-1-2-5-11-14)16-12-15(16)13-8-6-3-7-9-13/h3,6-10,15-16H,1-2,4-5,11-12H2. The molecule has 0 bridgehead atoms. The van der Waals surface area contributed by atoms with E-state index in [9.17, 15) is 4.79 Å². The summed E-state index contributed by atoms with van der Waals surface area (Å²) < 4.78 is 0. The first-order valence-corrected chi connectivity index (χ1v) is 7.14. The lowest BCUT2D eigenvalue weighted by Crippen LogP contribution is -2.06. The first-order valence-electron chi connectivity index (χ1n) is 7.14. The summed E-state index contributed by atoms with van der Waals surface area (Å²) in [6.45, 7) is 0. The number of ketones is 1. The number of rotatable bonds is 3. The number of benzene rings is 1. The van der Waals surface area contributed by atoms with Gasteiger partial charge >= 0.3 is 0 Å².